The Morgan fingerprint density at radius 1 is 1.26 bits per heavy atom. The molecule has 0 unspecified atom stereocenters. The lowest BCUT2D eigenvalue weighted by atomic mass is 10.2. The number of pyridine rings is 1. The number of amides is 2. The van der Waals surface area contributed by atoms with E-state index in [-0.39, 0.29) is 12.5 Å². The van der Waals surface area contributed by atoms with Crippen LogP contribution in [0.1, 0.15) is 36.8 Å². The molecule has 0 radical (unpaired) electrons. The van der Waals surface area contributed by atoms with Gasteiger partial charge in [-0.05, 0) is 33.8 Å². The molecule has 0 aromatic carbocycles. The van der Waals surface area contributed by atoms with Gasteiger partial charge in [0.05, 0.1) is 5.56 Å². The number of rotatable bonds is 4. The molecule has 124 valence electrons. The van der Waals surface area contributed by atoms with Gasteiger partial charge in [-0.15, -0.1) is 0 Å². The van der Waals surface area contributed by atoms with Crippen LogP contribution in [0.25, 0.3) is 11.0 Å². The molecule has 0 fully saturated rings. The maximum absolute atomic E-state index is 12.1. The average Bonchev–Trinajstić information content (AvgIpc) is 2.82. The van der Waals surface area contributed by atoms with Crippen LogP contribution in [0, 0.1) is 6.92 Å². The van der Waals surface area contributed by atoms with Crippen LogP contribution in [0.15, 0.2) is 12.3 Å². The van der Waals surface area contributed by atoms with E-state index >= 15 is 0 Å². The topological polar surface area (TPSA) is 109 Å². The van der Waals surface area contributed by atoms with Crippen LogP contribution >= 0.6 is 0 Å². The van der Waals surface area contributed by atoms with Crippen LogP contribution in [0.4, 0.5) is 4.79 Å². The lowest BCUT2D eigenvalue weighted by Gasteiger charge is -2.19. The predicted octanol–water partition coefficient (Wildman–Crippen LogP) is 1.52. The van der Waals surface area contributed by atoms with Crippen molar-refractivity contribution >= 4 is 23.0 Å². The van der Waals surface area contributed by atoms with E-state index in [0.29, 0.717) is 17.8 Å². The smallest absolute Gasteiger partial charge is 0.407 e. The van der Waals surface area contributed by atoms with Crippen LogP contribution < -0.4 is 10.6 Å². The lowest BCUT2D eigenvalue weighted by molar-refractivity contribution is 0.0526. The number of ether oxygens (including phenoxy) is 1. The number of H-pyrrole nitrogens is 1. The molecule has 0 spiro atoms. The molecule has 0 saturated heterocycles. The van der Waals surface area contributed by atoms with E-state index in [2.05, 4.69) is 25.8 Å². The highest BCUT2D eigenvalue weighted by atomic mass is 16.6. The third kappa shape index (κ3) is 4.67. The Bertz CT molecular complexity index is 717. The third-order valence-corrected chi connectivity index (χ3v) is 2.94. The number of nitrogens with one attached hydrogen (secondary N) is 3. The number of carbonyl (C=O) groups excluding carboxylic acids is 2. The Labute approximate surface area is 134 Å². The van der Waals surface area contributed by atoms with Crippen LogP contribution in [-0.2, 0) is 4.74 Å². The van der Waals surface area contributed by atoms with Crippen molar-refractivity contribution in [2.45, 2.75) is 33.3 Å². The number of aromatic nitrogens is 3. The zero-order chi connectivity index (χ0) is 17.0. The second-order valence-corrected chi connectivity index (χ2v) is 6.13. The molecule has 2 heterocycles. The fraction of sp³-hybridized carbons (Fsp3) is 0.467. The molecule has 2 aromatic rings. The van der Waals surface area contributed by atoms with Crippen LogP contribution in [0.5, 0.6) is 0 Å². The summed E-state index contributed by atoms with van der Waals surface area (Å²) in [7, 11) is 0. The molecule has 8 heteroatoms. The number of carbonyl (C=O) groups is 2. The Balaban J connectivity index is 1.82. The highest BCUT2D eigenvalue weighted by Crippen LogP contribution is 2.14. The van der Waals surface area contributed by atoms with Gasteiger partial charge in [-0.3, -0.25) is 9.89 Å². The molecule has 8 nitrogen and oxygen atoms in total. The van der Waals surface area contributed by atoms with E-state index in [0.717, 1.165) is 11.1 Å². The van der Waals surface area contributed by atoms with Gasteiger partial charge in [-0.2, -0.15) is 5.10 Å². The summed E-state index contributed by atoms with van der Waals surface area (Å²) in [5.41, 5.74) is 1.33. The van der Waals surface area contributed by atoms with Crippen molar-refractivity contribution in [2.75, 3.05) is 13.1 Å². The molecule has 2 aromatic heterocycles. The van der Waals surface area contributed by atoms with Crippen LogP contribution in [-0.4, -0.2) is 45.9 Å². The summed E-state index contributed by atoms with van der Waals surface area (Å²) in [6.07, 6.45) is 0.961. The van der Waals surface area contributed by atoms with Crippen molar-refractivity contribution in [3.8, 4) is 0 Å². The number of fused-ring (bicyclic) bond motifs is 1. The maximum Gasteiger partial charge on any atom is 0.407 e. The largest absolute Gasteiger partial charge is 0.444 e. The van der Waals surface area contributed by atoms with Crippen molar-refractivity contribution in [3.63, 3.8) is 0 Å². The van der Waals surface area contributed by atoms with Gasteiger partial charge in [0.1, 0.15) is 5.60 Å². The molecule has 0 aliphatic rings. The number of alkyl carbamates (subject to hydrolysis) is 1. The van der Waals surface area contributed by atoms with Crippen molar-refractivity contribution in [2.24, 2.45) is 0 Å². The maximum atomic E-state index is 12.1. The van der Waals surface area contributed by atoms with E-state index in [1.54, 1.807) is 26.8 Å². The molecule has 0 bridgehead atoms. The summed E-state index contributed by atoms with van der Waals surface area (Å²) in [5.74, 6) is -0.258. The van der Waals surface area contributed by atoms with Gasteiger partial charge in [0.25, 0.3) is 5.91 Å². The number of aromatic amines is 1. The normalized spacial score (nSPS) is 11.3. The minimum atomic E-state index is -0.545. The summed E-state index contributed by atoms with van der Waals surface area (Å²) >= 11 is 0. The van der Waals surface area contributed by atoms with Gasteiger partial charge in [0.2, 0.25) is 0 Å². The van der Waals surface area contributed by atoms with Crippen molar-refractivity contribution < 1.29 is 14.3 Å². The Morgan fingerprint density at radius 3 is 2.65 bits per heavy atom. The second kappa shape index (κ2) is 6.64. The molecular formula is C15H21N5O3. The van der Waals surface area contributed by atoms with Crippen molar-refractivity contribution in [1.82, 2.24) is 25.8 Å². The fourth-order valence-corrected chi connectivity index (χ4v) is 1.90. The van der Waals surface area contributed by atoms with Crippen molar-refractivity contribution in [1.29, 1.82) is 0 Å². The molecule has 23 heavy (non-hydrogen) atoms. The first kappa shape index (κ1) is 16.7. The molecule has 2 rings (SSSR count). The number of nitrogens with zero attached hydrogens (tertiary/aromatic N) is 2. The highest BCUT2D eigenvalue weighted by molar-refractivity contribution is 5.97. The second-order valence-electron chi connectivity index (χ2n) is 6.13. The number of hydrogen-bond donors (Lipinski definition) is 3. The van der Waals surface area contributed by atoms with Crippen LogP contribution in [0.3, 0.4) is 0 Å². The first-order valence-electron chi connectivity index (χ1n) is 7.32. The predicted molar refractivity (Wildman–Crippen MR) is 85.2 cm³/mol. The monoisotopic (exact) mass is 319 g/mol. The zero-order valence-electron chi connectivity index (χ0n) is 13.7. The summed E-state index contributed by atoms with van der Waals surface area (Å²) in [5, 5.41) is 12.9. The van der Waals surface area contributed by atoms with Crippen molar-refractivity contribution in [3.05, 3.63) is 23.5 Å². The molecule has 0 atom stereocenters. The first-order chi connectivity index (χ1) is 10.8. The summed E-state index contributed by atoms with van der Waals surface area (Å²) < 4.78 is 5.10. The summed E-state index contributed by atoms with van der Waals surface area (Å²) in [6, 6.07) is 1.73. The summed E-state index contributed by atoms with van der Waals surface area (Å²) in [6.45, 7) is 7.80. The van der Waals surface area contributed by atoms with Crippen LogP contribution in [0.2, 0.25) is 0 Å². The third-order valence-electron chi connectivity index (χ3n) is 2.94. The van der Waals surface area contributed by atoms with Gasteiger partial charge < -0.3 is 15.4 Å². The van der Waals surface area contributed by atoms with Gasteiger partial charge in [0, 0.05) is 30.4 Å². The van der Waals surface area contributed by atoms with E-state index in [4.69, 9.17) is 4.74 Å². The Kier molecular flexibility index (Phi) is 4.83. The Morgan fingerprint density at radius 2 is 1.96 bits per heavy atom. The van der Waals surface area contributed by atoms with Gasteiger partial charge in [-0.25, -0.2) is 9.78 Å². The average molecular weight is 319 g/mol. The number of aryl methyl sites for hydroxylation is 1. The van der Waals surface area contributed by atoms with E-state index in [1.165, 1.54) is 6.20 Å². The van der Waals surface area contributed by atoms with E-state index < -0.39 is 11.7 Å². The molecular weight excluding hydrogens is 298 g/mol. The minimum absolute atomic E-state index is 0.258. The first-order valence-corrected chi connectivity index (χ1v) is 7.32. The standard InChI is InChI=1S/C15H21N5O3/c1-9-11-7-10(8-18-12(11)20-19-9)13(21)16-5-6-17-14(22)23-15(2,3)4/h7-8H,5-6H2,1-4H3,(H,16,21)(H,17,22)(H,18,19,20). The SMILES string of the molecule is Cc1[nH]nc2ncc(C(=O)NCCNC(=O)OC(C)(C)C)cc12. The van der Waals surface area contributed by atoms with Gasteiger partial charge >= 0.3 is 6.09 Å². The van der Waals surface area contributed by atoms with Gasteiger partial charge in [0.15, 0.2) is 5.65 Å². The Hall–Kier alpha value is -2.64. The molecule has 0 aliphatic heterocycles. The molecule has 2 amide bonds. The number of hydrogen-bond acceptors (Lipinski definition) is 5. The molecule has 0 aliphatic carbocycles. The van der Waals surface area contributed by atoms with E-state index in [9.17, 15) is 9.59 Å². The van der Waals surface area contributed by atoms with E-state index in [1.807, 2.05) is 6.92 Å². The molecule has 3 N–H and O–H groups in total. The lowest BCUT2D eigenvalue weighted by Crippen LogP contribution is -2.37. The molecule has 0 saturated carbocycles. The van der Waals surface area contributed by atoms with Gasteiger partial charge in [-0.1, -0.05) is 0 Å². The zero-order valence-corrected chi connectivity index (χ0v) is 13.7. The minimum Gasteiger partial charge on any atom is -0.444 e. The summed E-state index contributed by atoms with van der Waals surface area (Å²) in [4.78, 5) is 27.7. The quantitative estimate of drug-likeness (QED) is 0.740. The highest BCUT2D eigenvalue weighted by Gasteiger charge is 2.15. The fourth-order valence-electron chi connectivity index (χ4n) is 1.90.